The highest BCUT2D eigenvalue weighted by molar-refractivity contribution is 5.70. The summed E-state index contributed by atoms with van der Waals surface area (Å²) in [7, 11) is 0. The Hall–Kier alpha value is -1.79. The lowest BCUT2D eigenvalue weighted by Gasteiger charge is -2.20. The number of carboxylic acids is 1. The van der Waals surface area contributed by atoms with Crippen LogP contribution in [0, 0.1) is 11.8 Å². The Kier molecular flexibility index (Phi) is 10.8. The number of aliphatic carboxylic acids is 1. The zero-order valence-corrected chi connectivity index (χ0v) is 14.5. The van der Waals surface area contributed by atoms with Crippen molar-refractivity contribution in [2.24, 2.45) is 11.8 Å². The lowest BCUT2D eigenvalue weighted by atomic mass is 9.94. The van der Waals surface area contributed by atoms with Crippen LogP contribution in [-0.4, -0.2) is 36.0 Å². The second kappa shape index (κ2) is 11.7. The van der Waals surface area contributed by atoms with Crippen molar-refractivity contribution in [2.75, 3.05) is 6.54 Å². The minimum Gasteiger partial charge on any atom is -0.481 e. The highest BCUT2D eigenvalue weighted by Crippen LogP contribution is 2.15. The summed E-state index contributed by atoms with van der Waals surface area (Å²) >= 11 is 0. The molecule has 0 rings (SSSR count). The quantitative estimate of drug-likeness (QED) is 0.446. The van der Waals surface area contributed by atoms with Gasteiger partial charge in [-0.05, 0) is 24.7 Å². The summed E-state index contributed by atoms with van der Waals surface area (Å²) in [4.78, 5) is 33.9. The monoisotopic (exact) mass is 331 g/mol. The van der Waals surface area contributed by atoms with Gasteiger partial charge in [-0.1, -0.05) is 27.7 Å². The molecule has 0 aromatic heterocycles. The van der Waals surface area contributed by atoms with Crippen LogP contribution < -0.4 is 5.32 Å². The fraction of sp³-hybridized carbons (Fsp3) is 0.812. The van der Waals surface area contributed by atoms with Crippen molar-refractivity contribution < 1.29 is 29.0 Å². The molecule has 0 aromatic carbocycles. The van der Waals surface area contributed by atoms with Gasteiger partial charge in [0.2, 0.25) is 6.29 Å². The van der Waals surface area contributed by atoms with E-state index in [1.807, 2.05) is 20.8 Å². The van der Waals surface area contributed by atoms with Gasteiger partial charge in [0, 0.05) is 25.8 Å². The number of hydrogen-bond acceptors (Lipinski definition) is 5. The zero-order chi connectivity index (χ0) is 17.8. The van der Waals surface area contributed by atoms with Gasteiger partial charge in [-0.25, -0.2) is 4.79 Å². The topological polar surface area (TPSA) is 102 Å². The predicted molar refractivity (Wildman–Crippen MR) is 84.8 cm³/mol. The van der Waals surface area contributed by atoms with Crippen molar-refractivity contribution in [2.45, 2.75) is 66.1 Å². The largest absolute Gasteiger partial charge is 0.481 e. The molecule has 7 heteroatoms. The third-order valence-electron chi connectivity index (χ3n) is 3.12. The smallest absolute Gasteiger partial charge is 0.410 e. The number of alkyl carbamates (subject to hydrolysis) is 1. The van der Waals surface area contributed by atoms with Gasteiger partial charge in [0.05, 0.1) is 0 Å². The van der Waals surface area contributed by atoms with Crippen molar-refractivity contribution in [3.8, 4) is 0 Å². The molecule has 0 bridgehead atoms. The van der Waals surface area contributed by atoms with Crippen LogP contribution in [0.1, 0.15) is 59.8 Å². The van der Waals surface area contributed by atoms with E-state index in [2.05, 4.69) is 5.32 Å². The first-order valence-electron chi connectivity index (χ1n) is 8.14. The van der Waals surface area contributed by atoms with Crippen LogP contribution in [0.2, 0.25) is 0 Å². The Bertz CT molecular complexity index is 383. The van der Waals surface area contributed by atoms with E-state index in [9.17, 15) is 14.4 Å². The summed E-state index contributed by atoms with van der Waals surface area (Å²) in [5.74, 6) is -1.16. The normalized spacial score (nSPS) is 13.3. The molecule has 0 aromatic rings. The average Bonchev–Trinajstić information content (AvgIpc) is 2.43. The minimum atomic E-state index is -0.907. The Morgan fingerprint density at radius 3 is 2.26 bits per heavy atom. The number of esters is 1. The van der Waals surface area contributed by atoms with Gasteiger partial charge in [-0.15, -0.1) is 0 Å². The number of ether oxygens (including phenoxy) is 2. The molecular formula is C16H29NO6. The second-order valence-corrected chi connectivity index (χ2v) is 5.94. The predicted octanol–water partition coefficient (Wildman–Crippen LogP) is 2.93. The average molecular weight is 331 g/mol. The molecular weight excluding hydrogens is 302 g/mol. The van der Waals surface area contributed by atoms with Gasteiger partial charge >= 0.3 is 18.0 Å². The third kappa shape index (κ3) is 11.4. The summed E-state index contributed by atoms with van der Waals surface area (Å²) < 4.78 is 10.1. The van der Waals surface area contributed by atoms with Crippen LogP contribution in [0.3, 0.4) is 0 Å². The molecule has 0 radical (unpaired) electrons. The third-order valence-corrected chi connectivity index (χ3v) is 3.12. The molecule has 7 nitrogen and oxygen atoms in total. The molecule has 23 heavy (non-hydrogen) atoms. The maximum absolute atomic E-state index is 11.8. The van der Waals surface area contributed by atoms with Crippen molar-refractivity contribution in [3.63, 3.8) is 0 Å². The number of amides is 1. The molecule has 2 N–H and O–H groups in total. The van der Waals surface area contributed by atoms with Crippen LogP contribution in [0.5, 0.6) is 0 Å². The Labute approximate surface area is 137 Å². The van der Waals surface area contributed by atoms with Crippen LogP contribution in [0.25, 0.3) is 0 Å². The minimum absolute atomic E-state index is 0.0122. The van der Waals surface area contributed by atoms with E-state index in [0.29, 0.717) is 25.2 Å². The Morgan fingerprint density at radius 1 is 1.13 bits per heavy atom. The summed E-state index contributed by atoms with van der Waals surface area (Å²) in [5.41, 5.74) is 0. The Balaban J connectivity index is 4.40. The molecule has 0 spiro atoms. The summed E-state index contributed by atoms with van der Waals surface area (Å²) in [6.07, 6.45) is 0.396. The molecule has 1 unspecified atom stereocenters. The fourth-order valence-corrected chi connectivity index (χ4v) is 2.15. The first-order chi connectivity index (χ1) is 10.8. The molecule has 0 aliphatic rings. The zero-order valence-electron chi connectivity index (χ0n) is 14.5. The first kappa shape index (κ1) is 21.2. The number of carbonyl (C=O) groups excluding carboxylic acids is 2. The number of nitrogens with one attached hydrogen (secondary N) is 1. The van der Waals surface area contributed by atoms with E-state index in [0.717, 1.165) is 0 Å². The van der Waals surface area contributed by atoms with Crippen molar-refractivity contribution in [1.29, 1.82) is 0 Å². The number of carbonyl (C=O) groups is 3. The van der Waals surface area contributed by atoms with Gasteiger partial charge in [0.15, 0.2) is 0 Å². The molecule has 134 valence electrons. The maximum atomic E-state index is 11.8. The van der Waals surface area contributed by atoms with Gasteiger partial charge in [-0.2, -0.15) is 0 Å². The molecule has 1 amide bonds. The SMILES string of the molecule is CCCC(OC(=O)CC)OC(=O)NC[C@H](CC(=O)O)CC(C)C. The molecule has 2 atom stereocenters. The van der Waals surface area contributed by atoms with Gasteiger partial charge in [0.25, 0.3) is 0 Å². The molecule has 0 fully saturated rings. The van der Waals surface area contributed by atoms with Gasteiger partial charge in [-0.3, -0.25) is 9.59 Å². The standard InChI is InChI=1S/C16H29NO6/c1-5-7-15(22-14(20)6-2)23-16(21)17-10-12(8-11(3)4)9-13(18)19/h11-12,15H,5-10H2,1-4H3,(H,17,21)(H,18,19)/t12-,15?/m0/s1. The molecule has 0 heterocycles. The maximum Gasteiger partial charge on any atom is 0.410 e. The summed E-state index contributed by atoms with van der Waals surface area (Å²) in [5, 5.41) is 11.5. The highest BCUT2D eigenvalue weighted by Gasteiger charge is 2.20. The van der Waals surface area contributed by atoms with Crippen LogP contribution >= 0.6 is 0 Å². The van der Waals surface area contributed by atoms with E-state index in [1.54, 1.807) is 6.92 Å². The van der Waals surface area contributed by atoms with E-state index in [-0.39, 0.29) is 25.3 Å². The van der Waals surface area contributed by atoms with Gasteiger partial charge < -0.3 is 19.9 Å². The number of carboxylic acid groups (broad SMARTS) is 1. The number of hydrogen-bond donors (Lipinski definition) is 2. The second-order valence-electron chi connectivity index (χ2n) is 5.94. The summed E-state index contributed by atoms with van der Waals surface area (Å²) in [6, 6.07) is 0. The van der Waals surface area contributed by atoms with Gasteiger partial charge in [0.1, 0.15) is 0 Å². The molecule has 0 aliphatic heterocycles. The molecule has 0 saturated carbocycles. The first-order valence-corrected chi connectivity index (χ1v) is 8.14. The van der Waals surface area contributed by atoms with E-state index < -0.39 is 24.3 Å². The Morgan fingerprint density at radius 2 is 1.78 bits per heavy atom. The van der Waals surface area contributed by atoms with E-state index in [1.165, 1.54) is 0 Å². The van der Waals surface area contributed by atoms with Crippen molar-refractivity contribution in [3.05, 3.63) is 0 Å². The highest BCUT2D eigenvalue weighted by atomic mass is 16.7. The van der Waals surface area contributed by atoms with E-state index >= 15 is 0 Å². The van der Waals surface area contributed by atoms with Crippen LogP contribution in [-0.2, 0) is 19.1 Å². The lowest BCUT2D eigenvalue weighted by molar-refractivity contribution is -0.168. The van der Waals surface area contributed by atoms with Crippen LogP contribution in [0.15, 0.2) is 0 Å². The van der Waals surface area contributed by atoms with Crippen LogP contribution in [0.4, 0.5) is 4.79 Å². The fourth-order valence-electron chi connectivity index (χ4n) is 2.15. The molecule has 0 saturated heterocycles. The lowest BCUT2D eigenvalue weighted by Crippen LogP contribution is -2.35. The number of rotatable bonds is 11. The summed E-state index contributed by atoms with van der Waals surface area (Å²) in [6.45, 7) is 7.75. The van der Waals surface area contributed by atoms with E-state index in [4.69, 9.17) is 14.6 Å². The van der Waals surface area contributed by atoms with Crippen molar-refractivity contribution >= 4 is 18.0 Å². The molecule has 0 aliphatic carbocycles. The van der Waals surface area contributed by atoms with Crippen molar-refractivity contribution in [1.82, 2.24) is 5.32 Å².